The van der Waals surface area contributed by atoms with Crippen LogP contribution < -0.4 is 0 Å². The van der Waals surface area contributed by atoms with Crippen LogP contribution in [0.15, 0.2) is 0 Å². The summed E-state index contributed by atoms with van der Waals surface area (Å²) in [4.78, 5) is 2.44. The molecular weight excluding hydrogens is 211 g/mol. The van der Waals surface area contributed by atoms with Gasteiger partial charge in [-0.15, -0.1) is 0 Å². The second-order valence-corrected chi connectivity index (χ2v) is 4.04. The van der Waals surface area contributed by atoms with Gasteiger partial charge in [0.1, 0.15) is 0 Å². The van der Waals surface area contributed by atoms with Crippen LogP contribution in [0.3, 0.4) is 0 Å². The van der Waals surface area contributed by atoms with E-state index in [-0.39, 0.29) is 32.7 Å². The van der Waals surface area contributed by atoms with Gasteiger partial charge in [0.2, 0.25) is 0 Å². The van der Waals surface area contributed by atoms with Crippen molar-refractivity contribution in [3.05, 3.63) is 6.42 Å². The van der Waals surface area contributed by atoms with Gasteiger partial charge in [0.25, 0.3) is 0 Å². The first-order valence-corrected chi connectivity index (χ1v) is 4.31. The fourth-order valence-electron chi connectivity index (χ4n) is 2.50. The molecule has 2 rings (SSSR count). The van der Waals surface area contributed by atoms with E-state index in [1.807, 2.05) is 0 Å². The van der Waals surface area contributed by atoms with Crippen molar-refractivity contribution >= 4 is 0 Å². The van der Waals surface area contributed by atoms with E-state index in [2.05, 4.69) is 18.4 Å². The van der Waals surface area contributed by atoms with Gasteiger partial charge in [0.15, 0.2) is 0 Å². The minimum absolute atomic E-state index is 0. The van der Waals surface area contributed by atoms with E-state index < -0.39 is 0 Å². The van der Waals surface area contributed by atoms with Crippen LogP contribution >= 0.6 is 0 Å². The average Bonchev–Trinajstić information content (AvgIpc) is 1.87. The second kappa shape index (κ2) is 3.85. The Morgan fingerprint density at radius 3 is 2.18 bits per heavy atom. The SMILES string of the molecule is CN1CC2(CC[CH-]CC2)C1.[Y]. The summed E-state index contributed by atoms with van der Waals surface area (Å²) in [5, 5.41) is 0. The third-order valence-electron chi connectivity index (χ3n) is 2.97. The van der Waals surface area contributed by atoms with Crippen LogP contribution in [0, 0.1) is 11.8 Å². The average molecular weight is 227 g/mol. The third kappa shape index (κ3) is 2.05. The Kier molecular flexibility index (Phi) is 3.55. The van der Waals surface area contributed by atoms with Crippen molar-refractivity contribution in [1.82, 2.24) is 4.90 Å². The zero-order chi connectivity index (χ0) is 7.03. The van der Waals surface area contributed by atoms with E-state index in [0.717, 1.165) is 5.41 Å². The molecule has 0 amide bonds. The molecule has 1 heterocycles. The molecule has 1 spiro atoms. The van der Waals surface area contributed by atoms with E-state index in [1.54, 1.807) is 0 Å². The second-order valence-electron chi connectivity index (χ2n) is 4.04. The third-order valence-corrected chi connectivity index (χ3v) is 2.97. The molecule has 1 nitrogen and oxygen atoms in total. The number of hydrogen-bond acceptors (Lipinski definition) is 1. The predicted molar refractivity (Wildman–Crippen MR) is 42.7 cm³/mol. The molecule has 61 valence electrons. The summed E-state index contributed by atoms with van der Waals surface area (Å²) in [5.74, 6) is 0. The van der Waals surface area contributed by atoms with Crippen molar-refractivity contribution in [2.45, 2.75) is 25.7 Å². The first-order valence-electron chi connectivity index (χ1n) is 4.31. The molecule has 1 radical (unpaired) electrons. The first kappa shape index (κ1) is 10.1. The number of hydrogen-bond donors (Lipinski definition) is 0. The Morgan fingerprint density at radius 2 is 1.73 bits per heavy atom. The van der Waals surface area contributed by atoms with E-state index in [4.69, 9.17) is 0 Å². The van der Waals surface area contributed by atoms with Gasteiger partial charge in [0.05, 0.1) is 0 Å². The van der Waals surface area contributed by atoms with Crippen molar-refractivity contribution in [1.29, 1.82) is 0 Å². The Hall–Kier alpha value is 1.06. The van der Waals surface area contributed by atoms with Crippen molar-refractivity contribution in [2.24, 2.45) is 5.41 Å². The summed E-state index contributed by atoms with van der Waals surface area (Å²) in [6, 6.07) is 0. The number of nitrogens with zero attached hydrogens (tertiary/aromatic N) is 1. The normalized spacial score (nSPS) is 29.2. The molecule has 2 aliphatic rings. The van der Waals surface area contributed by atoms with E-state index in [1.165, 1.54) is 38.8 Å². The van der Waals surface area contributed by atoms with Crippen LogP contribution in [0.4, 0.5) is 0 Å². The van der Waals surface area contributed by atoms with Crippen LogP contribution in [0.2, 0.25) is 0 Å². The van der Waals surface area contributed by atoms with Crippen molar-refractivity contribution < 1.29 is 32.7 Å². The molecule has 2 heteroatoms. The molecule has 0 aromatic carbocycles. The summed E-state index contributed by atoms with van der Waals surface area (Å²) in [6.07, 6.45) is 8.10. The molecule has 11 heavy (non-hydrogen) atoms. The quantitative estimate of drug-likeness (QED) is 0.569. The molecule has 0 unspecified atom stereocenters. The van der Waals surface area contributed by atoms with Gasteiger partial charge in [-0.1, -0.05) is 12.8 Å². The molecule has 0 atom stereocenters. The fourth-order valence-corrected chi connectivity index (χ4v) is 2.50. The Labute approximate surface area is 94.8 Å². The summed E-state index contributed by atoms with van der Waals surface area (Å²) in [7, 11) is 2.23. The standard InChI is InChI=1S/C9H16N.Y/c1-10-7-9(8-10)5-3-2-4-6-9;/h2H,3-8H2,1H3;/q-1;. The molecule has 1 saturated heterocycles. The van der Waals surface area contributed by atoms with Gasteiger partial charge >= 0.3 is 0 Å². The van der Waals surface area contributed by atoms with E-state index >= 15 is 0 Å². The molecule has 1 saturated carbocycles. The molecule has 0 aromatic rings. The fraction of sp³-hybridized carbons (Fsp3) is 0.889. The largest absolute Gasteiger partial charge is 0.328 e. The van der Waals surface area contributed by atoms with Crippen molar-refractivity contribution in [3.8, 4) is 0 Å². The predicted octanol–water partition coefficient (Wildman–Crippen LogP) is 1.69. The first-order chi connectivity index (χ1) is 4.81. The van der Waals surface area contributed by atoms with Crippen LogP contribution in [0.5, 0.6) is 0 Å². The molecule has 2 fully saturated rings. The molecule has 0 N–H and O–H groups in total. The van der Waals surface area contributed by atoms with Crippen LogP contribution in [0.25, 0.3) is 0 Å². The van der Waals surface area contributed by atoms with Gasteiger partial charge in [-0.05, 0) is 12.5 Å². The summed E-state index contributed by atoms with van der Waals surface area (Å²) in [5.41, 5.74) is 0.767. The zero-order valence-corrected chi connectivity index (χ0v) is 10.2. The summed E-state index contributed by atoms with van der Waals surface area (Å²) in [6.45, 7) is 2.72. The maximum absolute atomic E-state index is 2.45. The van der Waals surface area contributed by atoms with E-state index in [0.29, 0.717) is 0 Å². The summed E-state index contributed by atoms with van der Waals surface area (Å²) >= 11 is 0. The van der Waals surface area contributed by atoms with Crippen LogP contribution in [-0.4, -0.2) is 25.0 Å². The number of likely N-dealkylation sites (tertiary alicyclic amines) is 1. The minimum atomic E-state index is 0. The Morgan fingerprint density at radius 1 is 1.18 bits per heavy atom. The van der Waals surface area contributed by atoms with Crippen LogP contribution in [-0.2, 0) is 32.7 Å². The van der Waals surface area contributed by atoms with Crippen molar-refractivity contribution in [2.75, 3.05) is 20.1 Å². The molecule has 0 bridgehead atoms. The van der Waals surface area contributed by atoms with Gasteiger partial charge in [-0.3, -0.25) is 0 Å². The monoisotopic (exact) mass is 227 g/mol. The topological polar surface area (TPSA) is 3.24 Å². The van der Waals surface area contributed by atoms with Crippen molar-refractivity contribution in [3.63, 3.8) is 0 Å². The minimum Gasteiger partial charge on any atom is -0.328 e. The molecule has 0 aromatic heterocycles. The maximum atomic E-state index is 2.45. The molecular formula is C9H16NY-. The smallest absolute Gasteiger partial charge is 0.00455 e. The van der Waals surface area contributed by atoms with E-state index in [9.17, 15) is 0 Å². The van der Waals surface area contributed by atoms with Gasteiger partial charge in [0, 0.05) is 45.8 Å². The summed E-state index contributed by atoms with van der Waals surface area (Å²) < 4.78 is 0. The zero-order valence-electron chi connectivity index (χ0n) is 7.34. The Balaban J connectivity index is 0.000000605. The number of rotatable bonds is 0. The van der Waals surface area contributed by atoms with Gasteiger partial charge < -0.3 is 11.3 Å². The molecule has 1 aliphatic heterocycles. The van der Waals surface area contributed by atoms with Crippen LogP contribution in [0.1, 0.15) is 25.7 Å². The molecule has 1 aliphatic carbocycles. The maximum Gasteiger partial charge on any atom is 0.00455 e. The van der Waals surface area contributed by atoms with Gasteiger partial charge in [-0.25, -0.2) is 0 Å². The van der Waals surface area contributed by atoms with Gasteiger partial charge in [-0.2, -0.15) is 12.8 Å². The Bertz CT molecular complexity index is 114.